The van der Waals surface area contributed by atoms with Gasteiger partial charge >= 0.3 is 0 Å². The monoisotopic (exact) mass is 350 g/mol. The minimum absolute atomic E-state index is 0.216. The molecule has 0 atom stereocenters. The Bertz CT molecular complexity index is 925. The Morgan fingerprint density at radius 2 is 1.81 bits per heavy atom. The van der Waals surface area contributed by atoms with Crippen molar-refractivity contribution in [2.75, 3.05) is 10.6 Å². The first-order valence-electron chi connectivity index (χ1n) is 8.21. The third kappa shape index (κ3) is 4.63. The lowest BCUT2D eigenvalue weighted by molar-refractivity contribution is 0.102. The molecule has 2 N–H and O–H groups in total. The molecule has 6 heteroatoms. The quantitative estimate of drug-likeness (QED) is 0.727. The molecule has 132 valence electrons. The normalized spacial score (nSPS) is 10.4. The lowest BCUT2D eigenvalue weighted by atomic mass is 10.1. The Labute approximate surface area is 151 Å². The summed E-state index contributed by atoms with van der Waals surface area (Å²) < 4.78 is 13.2. The van der Waals surface area contributed by atoms with Gasteiger partial charge in [-0.2, -0.15) is 0 Å². The maximum atomic E-state index is 13.2. The number of hydrogen-bond acceptors (Lipinski definition) is 4. The summed E-state index contributed by atoms with van der Waals surface area (Å²) in [5, 5.41) is 5.83. The number of amides is 1. The number of aryl methyl sites for hydroxylation is 2. The molecule has 0 saturated carbocycles. The predicted molar refractivity (Wildman–Crippen MR) is 99.6 cm³/mol. The Hall–Kier alpha value is -3.28. The van der Waals surface area contributed by atoms with Gasteiger partial charge in [-0.05, 0) is 37.6 Å². The van der Waals surface area contributed by atoms with Crippen molar-refractivity contribution in [3.8, 4) is 0 Å². The van der Waals surface area contributed by atoms with Crippen molar-refractivity contribution in [2.24, 2.45) is 0 Å². The van der Waals surface area contributed by atoms with Crippen LogP contribution in [0.2, 0.25) is 0 Å². The van der Waals surface area contributed by atoms with Gasteiger partial charge in [0.2, 0.25) is 0 Å². The number of hydrogen-bond donors (Lipinski definition) is 2. The van der Waals surface area contributed by atoms with E-state index in [4.69, 9.17) is 0 Å². The van der Waals surface area contributed by atoms with Gasteiger partial charge in [0.1, 0.15) is 23.2 Å². The van der Waals surface area contributed by atoms with E-state index in [9.17, 15) is 9.18 Å². The fraction of sp³-hybridized carbons (Fsp3) is 0.150. The largest absolute Gasteiger partial charge is 0.366 e. The maximum absolute atomic E-state index is 13.2. The average molecular weight is 350 g/mol. The molecule has 0 bridgehead atoms. The summed E-state index contributed by atoms with van der Waals surface area (Å²) in [7, 11) is 0. The highest BCUT2D eigenvalue weighted by molar-refractivity contribution is 6.03. The summed E-state index contributed by atoms with van der Waals surface area (Å²) in [5.41, 5.74) is 2.90. The predicted octanol–water partition coefficient (Wildman–Crippen LogP) is 4.10. The van der Waals surface area contributed by atoms with E-state index in [2.05, 4.69) is 20.6 Å². The number of carbonyl (C=O) groups excluding carboxylic acids is 1. The van der Waals surface area contributed by atoms with E-state index in [0.717, 1.165) is 5.56 Å². The molecule has 0 aliphatic carbocycles. The van der Waals surface area contributed by atoms with E-state index >= 15 is 0 Å². The third-order valence-corrected chi connectivity index (χ3v) is 3.75. The van der Waals surface area contributed by atoms with Crippen LogP contribution in [-0.2, 0) is 6.54 Å². The van der Waals surface area contributed by atoms with Gasteiger partial charge in [0.15, 0.2) is 0 Å². The number of rotatable bonds is 5. The zero-order valence-corrected chi connectivity index (χ0v) is 14.6. The van der Waals surface area contributed by atoms with Crippen molar-refractivity contribution < 1.29 is 9.18 Å². The highest BCUT2D eigenvalue weighted by atomic mass is 19.1. The molecular weight excluding hydrogens is 331 g/mol. The zero-order chi connectivity index (χ0) is 18.5. The van der Waals surface area contributed by atoms with E-state index in [0.29, 0.717) is 23.9 Å². The van der Waals surface area contributed by atoms with Gasteiger partial charge in [-0.25, -0.2) is 14.4 Å². The van der Waals surface area contributed by atoms with Crippen molar-refractivity contribution in [1.29, 1.82) is 0 Å². The number of halogens is 1. The van der Waals surface area contributed by atoms with Crippen LogP contribution in [0.1, 0.15) is 27.4 Å². The molecule has 1 aromatic heterocycles. The zero-order valence-electron chi connectivity index (χ0n) is 14.6. The second-order valence-electron chi connectivity index (χ2n) is 5.99. The van der Waals surface area contributed by atoms with E-state index in [1.54, 1.807) is 19.1 Å². The molecule has 0 spiro atoms. The molecule has 0 aliphatic heterocycles. The molecule has 0 aliphatic rings. The van der Waals surface area contributed by atoms with Crippen LogP contribution in [0.25, 0.3) is 0 Å². The molecule has 1 amide bonds. The molecule has 3 aromatic rings. The standard InChI is InChI=1S/C20H19FN4O/c1-13-6-8-15(9-7-13)12-22-19-11-18(23-14(2)24-19)20(26)25-17-5-3-4-16(21)10-17/h3-11H,12H2,1-2H3,(H,25,26)(H,22,23,24). The van der Waals surface area contributed by atoms with Gasteiger partial charge in [-0.3, -0.25) is 4.79 Å². The lowest BCUT2D eigenvalue weighted by Crippen LogP contribution is -2.16. The van der Waals surface area contributed by atoms with Crippen LogP contribution in [0, 0.1) is 19.7 Å². The van der Waals surface area contributed by atoms with E-state index in [-0.39, 0.29) is 5.69 Å². The molecule has 26 heavy (non-hydrogen) atoms. The average Bonchev–Trinajstić information content (AvgIpc) is 2.61. The molecule has 1 heterocycles. The Kier molecular flexibility index (Phi) is 5.22. The summed E-state index contributed by atoms with van der Waals surface area (Å²) in [4.78, 5) is 20.9. The molecule has 0 saturated heterocycles. The molecule has 0 unspecified atom stereocenters. The maximum Gasteiger partial charge on any atom is 0.274 e. The van der Waals surface area contributed by atoms with Gasteiger partial charge < -0.3 is 10.6 Å². The smallest absolute Gasteiger partial charge is 0.274 e. The van der Waals surface area contributed by atoms with E-state index < -0.39 is 11.7 Å². The summed E-state index contributed by atoms with van der Waals surface area (Å²) in [5.74, 6) is 0.201. The first-order chi connectivity index (χ1) is 12.5. The number of nitrogens with one attached hydrogen (secondary N) is 2. The second kappa shape index (κ2) is 7.74. The van der Waals surface area contributed by atoms with Gasteiger partial charge in [0.25, 0.3) is 5.91 Å². The van der Waals surface area contributed by atoms with Crippen molar-refractivity contribution in [2.45, 2.75) is 20.4 Å². The molecule has 2 aromatic carbocycles. The first kappa shape index (κ1) is 17.5. The second-order valence-corrected chi connectivity index (χ2v) is 5.99. The Morgan fingerprint density at radius 1 is 1.04 bits per heavy atom. The van der Waals surface area contributed by atoms with Crippen LogP contribution in [0.3, 0.4) is 0 Å². The van der Waals surface area contributed by atoms with Gasteiger partial charge in [-0.15, -0.1) is 0 Å². The topological polar surface area (TPSA) is 66.9 Å². The number of carbonyl (C=O) groups is 1. The van der Waals surface area contributed by atoms with Crippen LogP contribution in [0.5, 0.6) is 0 Å². The SMILES string of the molecule is Cc1ccc(CNc2cc(C(=O)Nc3cccc(F)c3)nc(C)n2)cc1. The van der Waals surface area contributed by atoms with E-state index in [1.165, 1.54) is 23.8 Å². The summed E-state index contributed by atoms with van der Waals surface area (Å²) in [6, 6.07) is 15.5. The van der Waals surface area contributed by atoms with Crippen molar-refractivity contribution >= 4 is 17.4 Å². The third-order valence-electron chi connectivity index (χ3n) is 3.75. The summed E-state index contributed by atoms with van der Waals surface area (Å²) in [6.45, 7) is 4.34. The van der Waals surface area contributed by atoms with Crippen molar-refractivity contribution in [3.63, 3.8) is 0 Å². The molecule has 3 rings (SSSR count). The van der Waals surface area contributed by atoms with Gasteiger partial charge in [0.05, 0.1) is 0 Å². The Balaban J connectivity index is 1.72. The minimum atomic E-state index is -0.417. The highest BCUT2D eigenvalue weighted by Gasteiger charge is 2.11. The first-order valence-corrected chi connectivity index (χ1v) is 8.21. The minimum Gasteiger partial charge on any atom is -0.366 e. The Morgan fingerprint density at radius 3 is 2.54 bits per heavy atom. The molecular formula is C20H19FN4O. The molecule has 0 fully saturated rings. The number of anilines is 2. The lowest BCUT2D eigenvalue weighted by Gasteiger charge is -2.09. The van der Waals surface area contributed by atoms with Gasteiger partial charge in [0, 0.05) is 18.3 Å². The van der Waals surface area contributed by atoms with Crippen LogP contribution >= 0.6 is 0 Å². The van der Waals surface area contributed by atoms with E-state index in [1.807, 2.05) is 31.2 Å². The molecule has 0 radical (unpaired) electrons. The van der Waals surface area contributed by atoms with Crippen LogP contribution in [-0.4, -0.2) is 15.9 Å². The van der Waals surface area contributed by atoms with Crippen LogP contribution < -0.4 is 10.6 Å². The van der Waals surface area contributed by atoms with Gasteiger partial charge in [-0.1, -0.05) is 35.9 Å². The van der Waals surface area contributed by atoms with Crippen molar-refractivity contribution in [3.05, 3.63) is 83.1 Å². The van der Waals surface area contributed by atoms with Crippen molar-refractivity contribution in [1.82, 2.24) is 9.97 Å². The fourth-order valence-corrected chi connectivity index (χ4v) is 2.43. The highest BCUT2D eigenvalue weighted by Crippen LogP contribution is 2.13. The number of nitrogens with zero attached hydrogens (tertiary/aromatic N) is 2. The molecule has 5 nitrogen and oxygen atoms in total. The van der Waals surface area contributed by atoms with Crippen LogP contribution in [0.4, 0.5) is 15.9 Å². The van der Waals surface area contributed by atoms with Crippen LogP contribution in [0.15, 0.2) is 54.6 Å². The summed E-state index contributed by atoms with van der Waals surface area (Å²) >= 11 is 0. The number of benzene rings is 2. The summed E-state index contributed by atoms with van der Waals surface area (Å²) in [6.07, 6.45) is 0. The fourth-order valence-electron chi connectivity index (χ4n) is 2.43. The number of aromatic nitrogens is 2.